The first-order chi connectivity index (χ1) is 10.3. The van der Waals surface area contributed by atoms with Gasteiger partial charge in [0.1, 0.15) is 0 Å². The molecule has 124 valence electrons. The highest BCUT2D eigenvalue weighted by Gasteiger charge is 2.29. The molecule has 1 rings (SSSR count). The van der Waals surface area contributed by atoms with Crippen molar-refractivity contribution in [1.29, 1.82) is 0 Å². The average Bonchev–Trinajstić information content (AvgIpc) is 2.44. The minimum atomic E-state index is -4.48. The normalized spacial score (nSPS) is 11.0. The molecule has 0 saturated carbocycles. The molecule has 0 aliphatic rings. The zero-order valence-corrected chi connectivity index (χ0v) is 12.1. The van der Waals surface area contributed by atoms with Gasteiger partial charge in [-0.3, -0.25) is 0 Å². The van der Waals surface area contributed by atoms with Crippen molar-refractivity contribution >= 4 is 11.7 Å². The summed E-state index contributed by atoms with van der Waals surface area (Å²) in [7, 11) is 2.76. The molecule has 2 N–H and O–H groups in total. The van der Waals surface area contributed by atoms with E-state index in [1.54, 1.807) is 0 Å². The molecule has 0 heterocycles. The number of nitrogens with zero attached hydrogens (tertiary/aromatic N) is 1. The van der Waals surface area contributed by atoms with Crippen LogP contribution in [0.1, 0.15) is 0 Å². The van der Waals surface area contributed by atoms with E-state index in [2.05, 4.69) is 10.1 Å². The molecule has 2 amide bonds. The summed E-state index contributed by atoms with van der Waals surface area (Å²) in [6, 6.07) is 3.56. The van der Waals surface area contributed by atoms with E-state index in [-0.39, 0.29) is 30.3 Å². The first-order valence-electron chi connectivity index (χ1n) is 6.27. The van der Waals surface area contributed by atoms with E-state index >= 15 is 0 Å². The molecule has 0 atom stereocenters. The first kappa shape index (κ1) is 17.9. The fraction of sp³-hybridized carbons (Fsp3) is 0.462. The summed E-state index contributed by atoms with van der Waals surface area (Å²) >= 11 is 0. The number of nitrogens with one attached hydrogen (secondary N) is 1. The van der Waals surface area contributed by atoms with Gasteiger partial charge in [-0.05, 0) is 12.1 Å². The maximum absolute atomic E-state index is 12.2. The van der Waals surface area contributed by atoms with Crippen LogP contribution in [0.25, 0.3) is 0 Å². The number of alkyl halides is 3. The third-order valence-corrected chi connectivity index (χ3v) is 2.59. The largest absolute Gasteiger partial charge is 0.493 e. The van der Waals surface area contributed by atoms with Crippen LogP contribution in [0, 0.1) is 0 Å². The van der Waals surface area contributed by atoms with Crippen molar-refractivity contribution in [3.05, 3.63) is 18.2 Å². The van der Waals surface area contributed by atoms with Crippen LogP contribution in [0.5, 0.6) is 11.5 Å². The molecular weight excluding hydrogens is 305 g/mol. The number of carbonyl (C=O) groups is 1. The number of likely N-dealkylation sites (N-methyl/N-ethyl adjacent to an activating group) is 1. The molecule has 0 aromatic heterocycles. The molecule has 0 bridgehead atoms. The second-order valence-electron chi connectivity index (χ2n) is 4.34. The molecule has 1 aromatic carbocycles. The second-order valence-corrected chi connectivity index (χ2v) is 4.34. The van der Waals surface area contributed by atoms with E-state index in [9.17, 15) is 18.0 Å². The van der Waals surface area contributed by atoms with Gasteiger partial charge in [-0.1, -0.05) is 0 Å². The monoisotopic (exact) mass is 322 g/mol. The highest BCUT2D eigenvalue weighted by Crippen LogP contribution is 2.31. The number of carbonyl (C=O) groups excluding carboxylic acids is 1. The number of anilines is 1. The molecular formula is C13H17F3N2O4. The smallest absolute Gasteiger partial charge is 0.422 e. The van der Waals surface area contributed by atoms with Gasteiger partial charge in [0.25, 0.3) is 0 Å². The minimum absolute atomic E-state index is 0.117. The summed E-state index contributed by atoms with van der Waals surface area (Å²) in [5.74, 6) is -0.0200. The molecule has 0 aliphatic carbocycles. The quantitative estimate of drug-likeness (QED) is 0.841. The SMILES string of the molecule is COc1ccc(NC(=O)N(C)CCO)cc1OCC(F)(F)F. The zero-order chi connectivity index (χ0) is 16.8. The lowest BCUT2D eigenvalue weighted by molar-refractivity contribution is -0.153. The molecule has 0 unspecified atom stereocenters. The van der Waals surface area contributed by atoms with Gasteiger partial charge in [0.15, 0.2) is 18.1 Å². The van der Waals surface area contributed by atoms with E-state index < -0.39 is 18.8 Å². The molecule has 22 heavy (non-hydrogen) atoms. The maximum Gasteiger partial charge on any atom is 0.422 e. The van der Waals surface area contributed by atoms with E-state index in [1.165, 1.54) is 37.3 Å². The third kappa shape index (κ3) is 5.68. The van der Waals surface area contributed by atoms with Crippen molar-refractivity contribution in [3.63, 3.8) is 0 Å². The number of benzene rings is 1. The Bertz CT molecular complexity index is 509. The van der Waals surface area contributed by atoms with Crippen LogP contribution in [0.15, 0.2) is 18.2 Å². The summed E-state index contributed by atoms with van der Waals surface area (Å²) in [5, 5.41) is 11.2. The number of amides is 2. The molecule has 9 heteroatoms. The lowest BCUT2D eigenvalue weighted by atomic mass is 10.2. The Labute approximate surface area is 125 Å². The Morgan fingerprint density at radius 1 is 1.36 bits per heavy atom. The van der Waals surface area contributed by atoms with Crippen LogP contribution in [0.3, 0.4) is 0 Å². The van der Waals surface area contributed by atoms with Gasteiger partial charge < -0.3 is 24.8 Å². The molecule has 6 nitrogen and oxygen atoms in total. The van der Waals surface area contributed by atoms with Crippen molar-refractivity contribution in [2.45, 2.75) is 6.18 Å². The van der Waals surface area contributed by atoms with Crippen LogP contribution in [0.4, 0.5) is 23.7 Å². The number of hydrogen-bond donors (Lipinski definition) is 2. The number of methoxy groups -OCH3 is 1. The summed E-state index contributed by atoms with van der Waals surface area (Å²) in [6.45, 7) is -1.54. The first-order valence-corrected chi connectivity index (χ1v) is 6.27. The van der Waals surface area contributed by atoms with Gasteiger partial charge in [0.2, 0.25) is 0 Å². The average molecular weight is 322 g/mol. The number of halogens is 3. The second kappa shape index (κ2) is 7.74. The van der Waals surface area contributed by atoms with E-state index in [1.807, 2.05) is 0 Å². The standard InChI is InChI=1S/C13H17F3N2O4/c1-18(5-6-19)12(20)17-9-3-4-10(21-2)11(7-9)22-8-13(14,15)16/h3-4,7,19H,5-6,8H2,1-2H3,(H,17,20). The van der Waals surface area contributed by atoms with E-state index in [0.717, 1.165) is 0 Å². The predicted molar refractivity (Wildman–Crippen MR) is 73.3 cm³/mol. The fourth-order valence-electron chi connectivity index (χ4n) is 1.50. The lowest BCUT2D eigenvalue weighted by Gasteiger charge is -2.18. The Morgan fingerprint density at radius 3 is 2.59 bits per heavy atom. The molecule has 0 aliphatic heterocycles. The maximum atomic E-state index is 12.2. The molecule has 1 aromatic rings. The Morgan fingerprint density at radius 2 is 2.05 bits per heavy atom. The van der Waals surface area contributed by atoms with Crippen LogP contribution in [-0.4, -0.2) is 56.1 Å². The molecule has 0 saturated heterocycles. The van der Waals surface area contributed by atoms with Gasteiger partial charge >= 0.3 is 12.2 Å². The Kier molecular flexibility index (Phi) is 6.29. The highest BCUT2D eigenvalue weighted by atomic mass is 19.4. The number of aliphatic hydroxyl groups excluding tert-OH is 1. The predicted octanol–water partition coefficient (Wildman–Crippen LogP) is 2.09. The summed E-state index contributed by atoms with van der Waals surface area (Å²) in [6.07, 6.45) is -4.48. The van der Waals surface area contributed by atoms with E-state index in [4.69, 9.17) is 9.84 Å². The van der Waals surface area contributed by atoms with Crippen molar-refractivity contribution in [2.24, 2.45) is 0 Å². The van der Waals surface area contributed by atoms with Crippen molar-refractivity contribution in [2.75, 3.05) is 39.2 Å². The van der Waals surface area contributed by atoms with Crippen LogP contribution in [0.2, 0.25) is 0 Å². The summed E-state index contributed by atoms with van der Waals surface area (Å²) < 4.78 is 46.2. The van der Waals surface area contributed by atoms with Gasteiger partial charge in [0.05, 0.1) is 13.7 Å². The van der Waals surface area contributed by atoms with Gasteiger partial charge in [-0.25, -0.2) is 4.79 Å². The van der Waals surface area contributed by atoms with Crippen molar-refractivity contribution in [3.8, 4) is 11.5 Å². The summed E-state index contributed by atoms with van der Waals surface area (Å²) in [4.78, 5) is 13.0. The number of aliphatic hydroxyl groups is 1. The Balaban J connectivity index is 2.83. The molecule has 0 spiro atoms. The van der Waals surface area contributed by atoms with Gasteiger partial charge in [0, 0.05) is 25.3 Å². The van der Waals surface area contributed by atoms with Gasteiger partial charge in [-0.15, -0.1) is 0 Å². The molecule has 0 radical (unpaired) electrons. The molecule has 0 fully saturated rings. The van der Waals surface area contributed by atoms with Crippen molar-refractivity contribution < 1.29 is 32.5 Å². The van der Waals surface area contributed by atoms with Crippen molar-refractivity contribution in [1.82, 2.24) is 4.90 Å². The number of hydrogen-bond acceptors (Lipinski definition) is 4. The number of rotatable bonds is 6. The third-order valence-electron chi connectivity index (χ3n) is 2.59. The number of ether oxygens (including phenoxy) is 2. The zero-order valence-electron chi connectivity index (χ0n) is 12.1. The van der Waals surface area contributed by atoms with Crippen LogP contribution in [-0.2, 0) is 0 Å². The topological polar surface area (TPSA) is 71.0 Å². The highest BCUT2D eigenvalue weighted by molar-refractivity contribution is 5.89. The Hall–Kier alpha value is -2.16. The number of urea groups is 1. The fourth-order valence-corrected chi connectivity index (χ4v) is 1.50. The van der Waals surface area contributed by atoms with Gasteiger partial charge in [-0.2, -0.15) is 13.2 Å². The summed E-state index contributed by atoms with van der Waals surface area (Å²) in [5.41, 5.74) is 0.243. The van der Waals surface area contributed by atoms with E-state index in [0.29, 0.717) is 0 Å². The minimum Gasteiger partial charge on any atom is -0.493 e. The van der Waals surface area contributed by atoms with Crippen LogP contribution < -0.4 is 14.8 Å². The lowest BCUT2D eigenvalue weighted by Crippen LogP contribution is -2.33. The van der Waals surface area contributed by atoms with Crippen LogP contribution >= 0.6 is 0 Å².